The molecule has 2 heteroatoms. The van der Waals surface area contributed by atoms with Gasteiger partial charge in [0.05, 0.1) is 18.2 Å². The summed E-state index contributed by atoms with van der Waals surface area (Å²) in [6, 6.07) is 0. The SMILES string of the molecule is CCCC=CC=Cc1cnc[nH]1. The van der Waals surface area contributed by atoms with Gasteiger partial charge in [0, 0.05) is 0 Å². The summed E-state index contributed by atoms with van der Waals surface area (Å²) < 4.78 is 0. The maximum Gasteiger partial charge on any atom is 0.0924 e. The molecule has 0 amide bonds. The summed E-state index contributed by atoms with van der Waals surface area (Å²) in [4.78, 5) is 6.90. The highest BCUT2D eigenvalue weighted by Gasteiger charge is 1.81. The minimum absolute atomic E-state index is 1.04. The molecule has 0 radical (unpaired) electrons. The van der Waals surface area contributed by atoms with E-state index in [4.69, 9.17) is 0 Å². The fourth-order valence-corrected chi connectivity index (χ4v) is 0.858. The van der Waals surface area contributed by atoms with Crippen LogP contribution in [0.2, 0.25) is 0 Å². The third kappa shape index (κ3) is 3.19. The van der Waals surface area contributed by atoms with Crippen molar-refractivity contribution in [3.05, 3.63) is 36.4 Å². The molecule has 1 heterocycles. The number of allylic oxidation sites excluding steroid dienone is 3. The highest BCUT2D eigenvalue weighted by atomic mass is 14.8. The lowest BCUT2D eigenvalue weighted by Gasteiger charge is -1.81. The Balaban J connectivity index is 2.31. The second-order valence-corrected chi connectivity index (χ2v) is 2.58. The van der Waals surface area contributed by atoms with Crippen molar-refractivity contribution in [3.8, 4) is 0 Å². The van der Waals surface area contributed by atoms with Crippen LogP contribution < -0.4 is 0 Å². The Bertz CT molecular complexity index is 245. The number of unbranched alkanes of at least 4 members (excludes halogenated alkanes) is 1. The maximum atomic E-state index is 3.91. The van der Waals surface area contributed by atoms with Gasteiger partial charge in [-0.2, -0.15) is 0 Å². The molecule has 64 valence electrons. The molecule has 1 aromatic rings. The summed E-state index contributed by atoms with van der Waals surface area (Å²) in [7, 11) is 0. The Labute approximate surface area is 73.0 Å². The van der Waals surface area contributed by atoms with Crippen molar-refractivity contribution < 1.29 is 0 Å². The second kappa shape index (κ2) is 5.35. The largest absolute Gasteiger partial charge is 0.345 e. The van der Waals surface area contributed by atoms with Crippen LogP contribution in [0.5, 0.6) is 0 Å². The van der Waals surface area contributed by atoms with E-state index in [0.29, 0.717) is 0 Å². The van der Waals surface area contributed by atoms with Gasteiger partial charge in [-0.15, -0.1) is 0 Å². The first kappa shape index (κ1) is 8.78. The van der Waals surface area contributed by atoms with Crippen LogP contribution in [0.1, 0.15) is 25.5 Å². The van der Waals surface area contributed by atoms with Gasteiger partial charge in [0.15, 0.2) is 0 Å². The number of rotatable bonds is 4. The summed E-state index contributed by atoms with van der Waals surface area (Å²) in [5.74, 6) is 0. The van der Waals surface area contributed by atoms with Gasteiger partial charge < -0.3 is 4.98 Å². The highest BCUT2D eigenvalue weighted by molar-refractivity contribution is 5.45. The topological polar surface area (TPSA) is 28.7 Å². The lowest BCUT2D eigenvalue weighted by molar-refractivity contribution is 0.959. The number of H-pyrrole nitrogens is 1. The molecule has 0 unspecified atom stereocenters. The fraction of sp³-hybridized carbons (Fsp3) is 0.300. The van der Waals surface area contributed by atoms with E-state index in [-0.39, 0.29) is 0 Å². The molecule has 1 N–H and O–H groups in total. The van der Waals surface area contributed by atoms with E-state index in [1.807, 2.05) is 12.2 Å². The zero-order valence-corrected chi connectivity index (χ0v) is 7.33. The number of aromatic amines is 1. The van der Waals surface area contributed by atoms with Gasteiger partial charge in [0.25, 0.3) is 0 Å². The number of hydrogen-bond acceptors (Lipinski definition) is 1. The van der Waals surface area contributed by atoms with E-state index in [1.165, 1.54) is 6.42 Å². The van der Waals surface area contributed by atoms with Crippen LogP contribution in [0.3, 0.4) is 0 Å². The first-order valence-corrected chi connectivity index (χ1v) is 4.25. The van der Waals surface area contributed by atoms with Gasteiger partial charge in [0.1, 0.15) is 0 Å². The quantitative estimate of drug-likeness (QED) is 0.677. The first-order valence-electron chi connectivity index (χ1n) is 4.25. The smallest absolute Gasteiger partial charge is 0.0924 e. The Kier molecular flexibility index (Phi) is 3.92. The minimum atomic E-state index is 1.04. The van der Waals surface area contributed by atoms with Gasteiger partial charge >= 0.3 is 0 Å². The zero-order chi connectivity index (χ0) is 8.65. The van der Waals surface area contributed by atoms with Crippen LogP contribution in [-0.2, 0) is 0 Å². The monoisotopic (exact) mass is 162 g/mol. The van der Waals surface area contributed by atoms with Gasteiger partial charge in [-0.3, -0.25) is 0 Å². The molecule has 2 nitrogen and oxygen atoms in total. The van der Waals surface area contributed by atoms with Crippen LogP contribution in [0.15, 0.2) is 30.8 Å². The molecular formula is C10H14N2. The molecule has 0 saturated heterocycles. The molecule has 0 spiro atoms. The van der Waals surface area contributed by atoms with Crippen molar-refractivity contribution >= 4 is 6.08 Å². The third-order valence-corrected chi connectivity index (χ3v) is 1.50. The summed E-state index contributed by atoms with van der Waals surface area (Å²) in [5, 5.41) is 0. The summed E-state index contributed by atoms with van der Waals surface area (Å²) >= 11 is 0. The lowest BCUT2D eigenvalue weighted by Crippen LogP contribution is -1.65. The number of nitrogens with one attached hydrogen (secondary N) is 1. The van der Waals surface area contributed by atoms with Gasteiger partial charge in [-0.05, 0) is 12.5 Å². The molecular weight excluding hydrogens is 148 g/mol. The van der Waals surface area contributed by atoms with Crippen molar-refractivity contribution in [1.29, 1.82) is 0 Å². The predicted molar refractivity (Wildman–Crippen MR) is 51.7 cm³/mol. The Morgan fingerprint density at radius 3 is 3.08 bits per heavy atom. The molecule has 0 atom stereocenters. The van der Waals surface area contributed by atoms with Crippen molar-refractivity contribution in [2.45, 2.75) is 19.8 Å². The first-order chi connectivity index (χ1) is 5.93. The average molecular weight is 162 g/mol. The molecule has 0 aliphatic rings. The van der Waals surface area contributed by atoms with Crippen molar-refractivity contribution in [2.75, 3.05) is 0 Å². The number of hydrogen-bond donors (Lipinski definition) is 1. The average Bonchev–Trinajstić information content (AvgIpc) is 2.57. The second-order valence-electron chi connectivity index (χ2n) is 2.58. The number of nitrogens with zero attached hydrogens (tertiary/aromatic N) is 1. The van der Waals surface area contributed by atoms with Crippen LogP contribution in [0, 0.1) is 0 Å². The molecule has 0 fully saturated rings. The van der Waals surface area contributed by atoms with Gasteiger partial charge in [-0.25, -0.2) is 4.98 Å². The zero-order valence-electron chi connectivity index (χ0n) is 7.33. The van der Waals surface area contributed by atoms with Gasteiger partial charge in [0.2, 0.25) is 0 Å². The van der Waals surface area contributed by atoms with E-state index in [2.05, 4.69) is 29.0 Å². The molecule has 1 rings (SSSR count). The molecule has 0 aliphatic carbocycles. The molecule has 0 aromatic carbocycles. The van der Waals surface area contributed by atoms with E-state index >= 15 is 0 Å². The molecule has 0 bridgehead atoms. The Morgan fingerprint density at radius 1 is 1.50 bits per heavy atom. The lowest BCUT2D eigenvalue weighted by atomic mass is 10.3. The Morgan fingerprint density at radius 2 is 2.42 bits per heavy atom. The van der Waals surface area contributed by atoms with Crippen LogP contribution in [0.25, 0.3) is 6.08 Å². The van der Waals surface area contributed by atoms with Crippen LogP contribution in [-0.4, -0.2) is 9.97 Å². The normalized spacial score (nSPS) is 11.8. The van der Waals surface area contributed by atoms with Crippen molar-refractivity contribution in [1.82, 2.24) is 9.97 Å². The van der Waals surface area contributed by atoms with Crippen molar-refractivity contribution in [3.63, 3.8) is 0 Å². The molecule has 0 aliphatic heterocycles. The maximum absolute atomic E-state index is 3.91. The van der Waals surface area contributed by atoms with E-state index in [1.54, 1.807) is 12.5 Å². The summed E-state index contributed by atoms with van der Waals surface area (Å²) in [6.45, 7) is 2.17. The fourth-order valence-electron chi connectivity index (χ4n) is 0.858. The molecule has 0 saturated carbocycles. The number of imidazole rings is 1. The van der Waals surface area contributed by atoms with Crippen LogP contribution in [0.4, 0.5) is 0 Å². The van der Waals surface area contributed by atoms with Crippen molar-refractivity contribution in [2.24, 2.45) is 0 Å². The minimum Gasteiger partial charge on any atom is -0.345 e. The standard InChI is InChI=1S/C10H14N2/c1-2-3-4-5-6-7-10-8-11-9-12-10/h4-9H,2-3H2,1H3,(H,11,12). The third-order valence-electron chi connectivity index (χ3n) is 1.50. The Hall–Kier alpha value is -1.31. The number of aromatic nitrogens is 2. The van der Waals surface area contributed by atoms with Gasteiger partial charge in [-0.1, -0.05) is 31.6 Å². The predicted octanol–water partition coefficient (Wildman–Crippen LogP) is 2.78. The van der Waals surface area contributed by atoms with E-state index in [9.17, 15) is 0 Å². The molecule has 12 heavy (non-hydrogen) atoms. The van der Waals surface area contributed by atoms with E-state index < -0.39 is 0 Å². The molecule has 1 aromatic heterocycles. The van der Waals surface area contributed by atoms with E-state index in [0.717, 1.165) is 12.1 Å². The summed E-state index contributed by atoms with van der Waals surface area (Å²) in [6.07, 6.45) is 14.1. The summed E-state index contributed by atoms with van der Waals surface area (Å²) in [5.41, 5.74) is 1.04. The van der Waals surface area contributed by atoms with Crippen LogP contribution >= 0.6 is 0 Å². The highest BCUT2D eigenvalue weighted by Crippen LogP contribution is 1.95.